The van der Waals surface area contributed by atoms with Gasteiger partial charge in [-0.2, -0.15) is 0 Å². The van der Waals surface area contributed by atoms with Crippen LogP contribution in [0.15, 0.2) is 0 Å². The van der Waals surface area contributed by atoms with E-state index >= 15 is 0 Å². The third kappa shape index (κ3) is 2.31. The van der Waals surface area contributed by atoms with E-state index in [0.717, 1.165) is 0 Å². The van der Waals surface area contributed by atoms with Crippen molar-refractivity contribution in [2.45, 2.75) is 38.0 Å². The van der Waals surface area contributed by atoms with Crippen molar-refractivity contribution in [3.8, 4) is 0 Å². The van der Waals surface area contributed by atoms with Gasteiger partial charge in [-0.1, -0.05) is 0 Å². The van der Waals surface area contributed by atoms with Crippen molar-refractivity contribution in [1.82, 2.24) is 10.2 Å². The molecule has 0 spiro atoms. The van der Waals surface area contributed by atoms with E-state index in [2.05, 4.69) is 5.32 Å². The summed E-state index contributed by atoms with van der Waals surface area (Å²) in [6, 6.07) is -0.529. The molecule has 2 amide bonds. The van der Waals surface area contributed by atoms with Crippen molar-refractivity contribution in [3.63, 3.8) is 0 Å². The number of hydrogen-bond donors (Lipinski definition) is 2. The number of carbonyl (C=O) groups excluding carboxylic acids is 2. The number of piperazine rings is 1. The molecule has 0 bridgehead atoms. The summed E-state index contributed by atoms with van der Waals surface area (Å²) in [4.78, 5) is 35.8. The van der Waals surface area contributed by atoms with Gasteiger partial charge in [-0.15, -0.1) is 0 Å². The Morgan fingerprint density at radius 3 is 2.67 bits per heavy atom. The van der Waals surface area contributed by atoms with Crippen molar-refractivity contribution in [2.75, 3.05) is 13.1 Å². The van der Waals surface area contributed by atoms with Gasteiger partial charge in [0.1, 0.15) is 12.1 Å². The molecule has 2 aliphatic heterocycles. The van der Waals surface area contributed by atoms with Crippen molar-refractivity contribution >= 4 is 17.8 Å². The van der Waals surface area contributed by atoms with E-state index in [-0.39, 0.29) is 11.8 Å². The Morgan fingerprint density at radius 2 is 2.06 bits per heavy atom. The number of amides is 2. The molecule has 7 heteroatoms. The third-order valence-electron chi connectivity index (χ3n) is 3.35. The Bertz CT molecular complexity index is 384. The van der Waals surface area contributed by atoms with Crippen LogP contribution in [0.3, 0.4) is 0 Å². The van der Waals surface area contributed by atoms with E-state index in [0.29, 0.717) is 25.9 Å². The van der Waals surface area contributed by atoms with Crippen LogP contribution in [0, 0.1) is 0 Å². The van der Waals surface area contributed by atoms with Crippen LogP contribution in [0.5, 0.6) is 0 Å². The molecule has 18 heavy (non-hydrogen) atoms. The second kappa shape index (κ2) is 4.93. The first kappa shape index (κ1) is 12.8. The molecule has 2 fully saturated rings. The average molecular weight is 256 g/mol. The molecule has 0 saturated carbocycles. The molecular weight excluding hydrogens is 240 g/mol. The molecule has 1 unspecified atom stereocenters. The fourth-order valence-corrected chi connectivity index (χ4v) is 2.27. The van der Waals surface area contributed by atoms with Gasteiger partial charge in [0.2, 0.25) is 5.91 Å². The summed E-state index contributed by atoms with van der Waals surface area (Å²) in [6.07, 6.45) is -0.923. The first-order chi connectivity index (χ1) is 8.50. The van der Waals surface area contributed by atoms with Crippen LogP contribution in [0.25, 0.3) is 0 Å². The maximum Gasteiger partial charge on any atom is 0.332 e. The molecule has 0 aromatic heterocycles. The minimum Gasteiger partial charge on any atom is -0.479 e. The van der Waals surface area contributed by atoms with Crippen molar-refractivity contribution in [2.24, 2.45) is 0 Å². The summed E-state index contributed by atoms with van der Waals surface area (Å²) in [7, 11) is 0. The summed E-state index contributed by atoms with van der Waals surface area (Å²) in [5.41, 5.74) is 0. The number of hydrogen-bond acceptors (Lipinski definition) is 4. The SMILES string of the molecule is CC1C(=O)NCCN1C(=O)[C@@H]1CC[C@H](C(=O)O)O1. The van der Waals surface area contributed by atoms with Crippen molar-refractivity contribution in [1.29, 1.82) is 0 Å². The Balaban J connectivity index is 1.99. The summed E-state index contributed by atoms with van der Waals surface area (Å²) in [5.74, 6) is -1.53. The molecule has 100 valence electrons. The lowest BCUT2D eigenvalue weighted by Gasteiger charge is -2.34. The zero-order valence-electron chi connectivity index (χ0n) is 10.1. The van der Waals surface area contributed by atoms with Gasteiger partial charge in [0, 0.05) is 13.1 Å². The molecule has 7 nitrogen and oxygen atoms in total. The van der Waals surface area contributed by atoms with Crippen LogP contribution in [0.2, 0.25) is 0 Å². The van der Waals surface area contributed by atoms with Gasteiger partial charge in [0.25, 0.3) is 5.91 Å². The smallest absolute Gasteiger partial charge is 0.332 e. The number of carboxylic acids is 1. The van der Waals surface area contributed by atoms with Crippen LogP contribution in [-0.4, -0.2) is 59.1 Å². The van der Waals surface area contributed by atoms with Gasteiger partial charge >= 0.3 is 5.97 Å². The van der Waals surface area contributed by atoms with Gasteiger partial charge in [0.15, 0.2) is 6.10 Å². The van der Waals surface area contributed by atoms with E-state index < -0.39 is 24.2 Å². The minimum atomic E-state index is -1.05. The van der Waals surface area contributed by atoms with Gasteiger partial charge in [-0.25, -0.2) is 4.79 Å². The van der Waals surface area contributed by atoms with Crippen LogP contribution in [0.4, 0.5) is 0 Å². The molecule has 2 aliphatic rings. The Kier molecular flexibility index (Phi) is 3.51. The summed E-state index contributed by atoms with van der Waals surface area (Å²) in [6.45, 7) is 2.50. The predicted octanol–water partition coefficient (Wildman–Crippen LogP) is -1.03. The zero-order valence-corrected chi connectivity index (χ0v) is 10.1. The van der Waals surface area contributed by atoms with Gasteiger partial charge < -0.3 is 20.1 Å². The van der Waals surface area contributed by atoms with Crippen LogP contribution < -0.4 is 5.32 Å². The third-order valence-corrected chi connectivity index (χ3v) is 3.35. The highest BCUT2D eigenvalue weighted by atomic mass is 16.5. The normalized spacial score (nSPS) is 32.2. The average Bonchev–Trinajstić information content (AvgIpc) is 2.81. The lowest BCUT2D eigenvalue weighted by atomic mass is 10.1. The highest BCUT2D eigenvalue weighted by Gasteiger charge is 2.39. The molecule has 3 atom stereocenters. The minimum absolute atomic E-state index is 0.192. The zero-order chi connectivity index (χ0) is 13.3. The number of ether oxygens (including phenoxy) is 1. The molecular formula is C11H16N2O5. The molecule has 0 aliphatic carbocycles. The number of carboxylic acid groups (broad SMARTS) is 1. The van der Waals surface area contributed by atoms with Crippen molar-refractivity contribution < 1.29 is 24.2 Å². The maximum absolute atomic E-state index is 12.2. The van der Waals surface area contributed by atoms with E-state index in [1.165, 1.54) is 4.90 Å². The first-order valence-corrected chi connectivity index (χ1v) is 5.97. The lowest BCUT2D eigenvalue weighted by molar-refractivity contribution is -0.158. The topological polar surface area (TPSA) is 95.9 Å². The van der Waals surface area contributed by atoms with E-state index in [1.807, 2.05) is 0 Å². The Morgan fingerprint density at radius 1 is 1.39 bits per heavy atom. The first-order valence-electron chi connectivity index (χ1n) is 5.97. The lowest BCUT2D eigenvalue weighted by Crippen LogP contribution is -2.58. The number of nitrogens with zero attached hydrogens (tertiary/aromatic N) is 1. The van der Waals surface area contributed by atoms with Gasteiger partial charge in [0.05, 0.1) is 0 Å². The van der Waals surface area contributed by atoms with Crippen molar-refractivity contribution in [3.05, 3.63) is 0 Å². The van der Waals surface area contributed by atoms with Crippen LogP contribution in [0.1, 0.15) is 19.8 Å². The van der Waals surface area contributed by atoms with Crippen LogP contribution >= 0.6 is 0 Å². The molecule has 0 aromatic carbocycles. The fourth-order valence-electron chi connectivity index (χ4n) is 2.27. The molecule has 2 heterocycles. The van der Waals surface area contributed by atoms with E-state index in [1.54, 1.807) is 6.92 Å². The predicted molar refractivity (Wildman–Crippen MR) is 59.7 cm³/mol. The van der Waals surface area contributed by atoms with E-state index in [4.69, 9.17) is 9.84 Å². The Labute approximate surface area is 104 Å². The number of nitrogens with one attached hydrogen (secondary N) is 1. The van der Waals surface area contributed by atoms with Gasteiger partial charge in [-0.05, 0) is 19.8 Å². The largest absolute Gasteiger partial charge is 0.479 e. The Hall–Kier alpha value is -1.63. The number of carbonyl (C=O) groups is 3. The highest BCUT2D eigenvalue weighted by Crippen LogP contribution is 2.22. The molecule has 0 radical (unpaired) electrons. The fraction of sp³-hybridized carbons (Fsp3) is 0.727. The second-order valence-corrected chi connectivity index (χ2v) is 4.53. The summed E-state index contributed by atoms with van der Waals surface area (Å²) in [5, 5.41) is 11.5. The number of aliphatic carboxylic acids is 1. The summed E-state index contributed by atoms with van der Waals surface area (Å²) >= 11 is 0. The number of rotatable bonds is 2. The molecule has 2 N–H and O–H groups in total. The molecule has 2 saturated heterocycles. The second-order valence-electron chi connectivity index (χ2n) is 4.53. The van der Waals surface area contributed by atoms with E-state index in [9.17, 15) is 14.4 Å². The molecule has 0 aromatic rings. The van der Waals surface area contributed by atoms with Gasteiger partial charge in [-0.3, -0.25) is 9.59 Å². The molecule has 2 rings (SSSR count). The summed E-state index contributed by atoms with van der Waals surface area (Å²) < 4.78 is 5.20. The monoisotopic (exact) mass is 256 g/mol. The maximum atomic E-state index is 12.2. The highest BCUT2D eigenvalue weighted by molar-refractivity contribution is 5.90. The van der Waals surface area contributed by atoms with Crippen LogP contribution in [-0.2, 0) is 19.1 Å². The standard InChI is InChI=1S/C11H16N2O5/c1-6-9(14)12-4-5-13(6)10(15)7-2-3-8(18-7)11(16)17/h6-8H,2-5H2,1H3,(H,12,14)(H,16,17)/t6?,7-,8+/m0/s1. The quantitative estimate of drug-likeness (QED) is 0.658.